The Morgan fingerprint density at radius 2 is 2.25 bits per heavy atom. The lowest BCUT2D eigenvalue weighted by Gasteiger charge is -2.09. The van der Waals surface area contributed by atoms with Crippen LogP contribution in [0.2, 0.25) is 5.02 Å². The van der Waals surface area contributed by atoms with Crippen LogP contribution in [-0.2, 0) is 13.1 Å². The van der Waals surface area contributed by atoms with Crippen LogP contribution in [0.4, 0.5) is 5.69 Å². The summed E-state index contributed by atoms with van der Waals surface area (Å²) in [7, 11) is 0. The Morgan fingerprint density at radius 1 is 1.50 bits per heavy atom. The minimum absolute atomic E-state index is 0.0419. The Kier molecular flexibility index (Phi) is 4.41. The number of hydrogen-bond donors (Lipinski definition) is 2. The lowest BCUT2D eigenvalue weighted by atomic mass is 10.2. The zero-order valence-corrected chi connectivity index (χ0v) is 11.9. The van der Waals surface area contributed by atoms with E-state index in [9.17, 15) is 4.79 Å². The van der Waals surface area contributed by atoms with Crippen LogP contribution in [0.25, 0.3) is 0 Å². The molecule has 0 radical (unpaired) electrons. The first-order chi connectivity index (χ1) is 9.54. The van der Waals surface area contributed by atoms with Gasteiger partial charge in [0.05, 0.1) is 30.7 Å². The van der Waals surface area contributed by atoms with Gasteiger partial charge in [-0.25, -0.2) is 4.68 Å². The minimum Gasteiger partial charge on any atom is -0.394 e. The first-order valence-corrected chi connectivity index (χ1v) is 6.44. The molecular formula is C12H15ClN4O3. The van der Waals surface area contributed by atoms with E-state index < -0.39 is 5.56 Å². The van der Waals surface area contributed by atoms with Crippen LogP contribution in [0.1, 0.15) is 17.0 Å². The highest BCUT2D eigenvalue weighted by atomic mass is 35.5. The van der Waals surface area contributed by atoms with Crippen molar-refractivity contribution in [1.29, 1.82) is 0 Å². The molecule has 7 nitrogen and oxygen atoms in total. The maximum Gasteiger partial charge on any atom is 0.287 e. The average molecular weight is 299 g/mol. The molecule has 0 aliphatic rings. The van der Waals surface area contributed by atoms with Gasteiger partial charge in [-0.2, -0.15) is 5.10 Å². The fourth-order valence-corrected chi connectivity index (χ4v) is 1.99. The van der Waals surface area contributed by atoms with E-state index in [1.165, 1.54) is 6.20 Å². The molecule has 0 amide bonds. The van der Waals surface area contributed by atoms with Crippen LogP contribution >= 0.6 is 11.6 Å². The third kappa shape index (κ3) is 2.83. The summed E-state index contributed by atoms with van der Waals surface area (Å²) >= 11 is 6.00. The quantitative estimate of drug-likeness (QED) is 0.859. The number of rotatable bonds is 5. The molecule has 2 aromatic rings. The van der Waals surface area contributed by atoms with Crippen LogP contribution in [0.5, 0.6) is 0 Å². The number of aromatic nitrogens is 3. The van der Waals surface area contributed by atoms with Crippen LogP contribution in [-0.4, -0.2) is 26.7 Å². The zero-order chi connectivity index (χ0) is 14.7. The summed E-state index contributed by atoms with van der Waals surface area (Å²) in [6.07, 6.45) is 1.46. The molecule has 0 atom stereocenters. The molecule has 0 saturated carbocycles. The van der Waals surface area contributed by atoms with Gasteiger partial charge in [0.15, 0.2) is 0 Å². The van der Waals surface area contributed by atoms with E-state index in [0.29, 0.717) is 18.0 Å². The number of aliphatic hydroxyl groups is 1. The average Bonchev–Trinajstić information content (AvgIpc) is 2.74. The Bertz CT molecular complexity index is 646. The molecule has 0 aromatic carbocycles. The molecule has 20 heavy (non-hydrogen) atoms. The van der Waals surface area contributed by atoms with E-state index >= 15 is 0 Å². The van der Waals surface area contributed by atoms with Gasteiger partial charge in [-0.3, -0.25) is 4.79 Å². The van der Waals surface area contributed by atoms with Crippen molar-refractivity contribution < 1.29 is 9.63 Å². The van der Waals surface area contributed by atoms with Crippen molar-refractivity contribution in [1.82, 2.24) is 14.9 Å². The molecule has 8 heteroatoms. The van der Waals surface area contributed by atoms with Crippen molar-refractivity contribution in [2.24, 2.45) is 0 Å². The number of aryl methyl sites for hydroxylation is 2. The number of hydrogen-bond acceptors (Lipinski definition) is 6. The zero-order valence-electron chi connectivity index (χ0n) is 11.2. The van der Waals surface area contributed by atoms with Crippen molar-refractivity contribution in [3.8, 4) is 0 Å². The van der Waals surface area contributed by atoms with Gasteiger partial charge in [-0.15, -0.1) is 0 Å². The molecule has 0 aliphatic heterocycles. The number of anilines is 1. The van der Waals surface area contributed by atoms with Gasteiger partial charge in [0.1, 0.15) is 10.8 Å². The predicted molar refractivity (Wildman–Crippen MR) is 73.9 cm³/mol. The highest BCUT2D eigenvalue weighted by molar-refractivity contribution is 6.32. The SMILES string of the molecule is Cc1noc(C)c1CNc1cnn(CCO)c(=O)c1Cl. The van der Waals surface area contributed by atoms with Crippen LogP contribution in [0.3, 0.4) is 0 Å². The van der Waals surface area contributed by atoms with E-state index in [-0.39, 0.29) is 18.2 Å². The largest absolute Gasteiger partial charge is 0.394 e. The van der Waals surface area contributed by atoms with Gasteiger partial charge in [0, 0.05) is 12.1 Å². The smallest absolute Gasteiger partial charge is 0.287 e. The highest BCUT2D eigenvalue weighted by Crippen LogP contribution is 2.18. The number of aliphatic hydroxyl groups excluding tert-OH is 1. The molecule has 2 N–H and O–H groups in total. The molecule has 0 bridgehead atoms. The van der Waals surface area contributed by atoms with Gasteiger partial charge >= 0.3 is 0 Å². The molecular weight excluding hydrogens is 284 g/mol. The Hall–Kier alpha value is -1.86. The molecule has 0 fully saturated rings. The fraction of sp³-hybridized carbons (Fsp3) is 0.417. The molecule has 0 saturated heterocycles. The number of halogens is 1. The van der Waals surface area contributed by atoms with Crippen LogP contribution < -0.4 is 10.9 Å². The third-order valence-electron chi connectivity index (χ3n) is 2.93. The molecule has 2 rings (SSSR count). The summed E-state index contributed by atoms with van der Waals surface area (Å²) in [5.74, 6) is 0.715. The van der Waals surface area contributed by atoms with E-state index in [1.807, 2.05) is 13.8 Å². The van der Waals surface area contributed by atoms with E-state index in [1.54, 1.807) is 0 Å². The second-order valence-electron chi connectivity index (χ2n) is 4.28. The monoisotopic (exact) mass is 298 g/mol. The van der Waals surface area contributed by atoms with Gasteiger partial charge in [0.2, 0.25) is 0 Å². The van der Waals surface area contributed by atoms with E-state index in [2.05, 4.69) is 15.6 Å². The second kappa shape index (κ2) is 6.06. The summed E-state index contributed by atoms with van der Waals surface area (Å²) in [6.45, 7) is 4.03. The second-order valence-corrected chi connectivity index (χ2v) is 4.66. The van der Waals surface area contributed by atoms with Crippen LogP contribution in [0, 0.1) is 13.8 Å². The molecule has 0 unspecified atom stereocenters. The van der Waals surface area contributed by atoms with Crippen molar-refractivity contribution in [3.05, 3.63) is 38.6 Å². The first kappa shape index (κ1) is 14.5. The highest BCUT2D eigenvalue weighted by Gasteiger charge is 2.12. The lowest BCUT2D eigenvalue weighted by Crippen LogP contribution is -2.25. The maximum atomic E-state index is 11.9. The van der Waals surface area contributed by atoms with Crippen LogP contribution in [0.15, 0.2) is 15.5 Å². The summed E-state index contributed by atoms with van der Waals surface area (Å²) in [5, 5.41) is 19.7. The molecule has 108 valence electrons. The minimum atomic E-state index is -0.440. The first-order valence-electron chi connectivity index (χ1n) is 6.06. The molecule has 0 aliphatic carbocycles. The maximum absolute atomic E-state index is 11.9. The van der Waals surface area contributed by atoms with Crippen molar-refractivity contribution in [3.63, 3.8) is 0 Å². The Labute approximate surface area is 120 Å². The van der Waals surface area contributed by atoms with E-state index in [4.69, 9.17) is 21.2 Å². The Balaban J connectivity index is 2.19. The number of nitrogens with zero attached hydrogens (tertiary/aromatic N) is 3. The normalized spacial score (nSPS) is 10.8. The standard InChI is InChI=1S/C12H15ClN4O3/c1-7-9(8(2)20-16-7)5-14-10-6-15-17(3-4-18)12(19)11(10)13/h6,14,18H,3-5H2,1-2H3. The summed E-state index contributed by atoms with van der Waals surface area (Å²) in [5.41, 5.74) is 1.70. The fourth-order valence-electron chi connectivity index (χ4n) is 1.78. The number of nitrogens with one attached hydrogen (secondary N) is 1. The van der Waals surface area contributed by atoms with Crippen molar-refractivity contribution in [2.45, 2.75) is 26.9 Å². The summed E-state index contributed by atoms with van der Waals surface area (Å²) in [6, 6.07) is 0. The van der Waals surface area contributed by atoms with Crippen molar-refractivity contribution >= 4 is 17.3 Å². The van der Waals surface area contributed by atoms with Gasteiger partial charge in [0.25, 0.3) is 5.56 Å². The summed E-state index contributed by atoms with van der Waals surface area (Å²) < 4.78 is 6.17. The molecule has 2 heterocycles. The lowest BCUT2D eigenvalue weighted by molar-refractivity contribution is 0.266. The summed E-state index contributed by atoms with van der Waals surface area (Å²) in [4.78, 5) is 11.9. The Morgan fingerprint density at radius 3 is 2.85 bits per heavy atom. The van der Waals surface area contributed by atoms with E-state index in [0.717, 1.165) is 15.9 Å². The van der Waals surface area contributed by atoms with Gasteiger partial charge in [-0.1, -0.05) is 16.8 Å². The van der Waals surface area contributed by atoms with Gasteiger partial charge < -0.3 is 14.9 Å². The molecule has 0 spiro atoms. The molecule has 2 aromatic heterocycles. The van der Waals surface area contributed by atoms with Gasteiger partial charge in [-0.05, 0) is 13.8 Å². The topological polar surface area (TPSA) is 93.2 Å². The predicted octanol–water partition coefficient (Wildman–Crippen LogP) is 1.11. The van der Waals surface area contributed by atoms with Crippen molar-refractivity contribution in [2.75, 3.05) is 11.9 Å². The third-order valence-corrected chi connectivity index (χ3v) is 3.30.